The minimum absolute atomic E-state index is 0.00931. The smallest absolute Gasteiger partial charge is 0.271 e. The maximum atomic E-state index is 13.2. The largest absolute Gasteiger partial charge is 0.351 e. The van der Waals surface area contributed by atoms with Gasteiger partial charge >= 0.3 is 0 Å². The fraction of sp³-hybridized carbons (Fsp3) is 0.304. The van der Waals surface area contributed by atoms with Crippen LogP contribution in [0.5, 0.6) is 0 Å². The van der Waals surface area contributed by atoms with Gasteiger partial charge in [-0.05, 0) is 27.6 Å². The second kappa shape index (κ2) is 9.02. The molecule has 0 saturated carbocycles. The summed E-state index contributed by atoms with van der Waals surface area (Å²) in [6.45, 7) is 3.48. The van der Waals surface area contributed by atoms with Crippen molar-refractivity contribution in [2.75, 3.05) is 32.7 Å². The van der Waals surface area contributed by atoms with E-state index in [2.05, 4.69) is 26.1 Å². The van der Waals surface area contributed by atoms with Gasteiger partial charge in [-0.2, -0.15) is 0 Å². The summed E-state index contributed by atoms with van der Waals surface area (Å²) in [5, 5.41) is 4.00. The van der Waals surface area contributed by atoms with Crippen LogP contribution in [-0.4, -0.2) is 58.9 Å². The molecule has 7 heteroatoms. The quantitative estimate of drug-likeness (QED) is 0.625. The minimum atomic E-state index is 0.00931. The van der Waals surface area contributed by atoms with Crippen LogP contribution >= 0.6 is 15.9 Å². The monoisotopic (exact) mass is 468 g/mol. The van der Waals surface area contributed by atoms with Crippen LogP contribution in [-0.2, 0) is 18.4 Å². The zero-order valence-electron chi connectivity index (χ0n) is 17.0. The van der Waals surface area contributed by atoms with E-state index in [1.165, 1.54) is 0 Å². The number of rotatable bonds is 5. The highest BCUT2D eigenvalue weighted by Crippen LogP contribution is 2.31. The van der Waals surface area contributed by atoms with Crippen LogP contribution in [0, 0.1) is 0 Å². The molecule has 1 saturated heterocycles. The minimum Gasteiger partial charge on any atom is -0.351 e. The van der Waals surface area contributed by atoms with Gasteiger partial charge < -0.3 is 14.8 Å². The Bertz CT molecular complexity index is 1020. The molecule has 0 spiro atoms. The van der Waals surface area contributed by atoms with Crippen molar-refractivity contribution in [1.29, 1.82) is 0 Å². The van der Waals surface area contributed by atoms with Crippen molar-refractivity contribution in [2.24, 2.45) is 7.05 Å². The van der Waals surface area contributed by atoms with Crippen molar-refractivity contribution >= 4 is 38.6 Å². The molecule has 156 valence electrons. The normalized spacial score (nSPS) is 14.8. The molecule has 0 radical (unpaired) electrons. The molecule has 2 aromatic carbocycles. The number of nitrogens with zero attached hydrogens (tertiary/aromatic N) is 3. The van der Waals surface area contributed by atoms with Gasteiger partial charge in [0.1, 0.15) is 5.69 Å². The fourth-order valence-corrected chi connectivity index (χ4v) is 4.67. The predicted molar refractivity (Wildman–Crippen MR) is 121 cm³/mol. The second-order valence-electron chi connectivity index (χ2n) is 7.57. The van der Waals surface area contributed by atoms with Crippen molar-refractivity contribution in [3.05, 3.63) is 70.3 Å². The van der Waals surface area contributed by atoms with E-state index in [1.807, 2.05) is 71.1 Å². The zero-order chi connectivity index (χ0) is 21.1. The van der Waals surface area contributed by atoms with Gasteiger partial charge in [0.05, 0.1) is 11.0 Å². The first kappa shape index (κ1) is 20.6. The highest BCUT2D eigenvalue weighted by Gasteiger charge is 2.27. The molecule has 0 unspecified atom stereocenters. The average molecular weight is 469 g/mol. The van der Waals surface area contributed by atoms with Crippen LogP contribution in [0.2, 0.25) is 0 Å². The molecular formula is C23H25BrN4O2. The summed E-state index contributed by atoms with van der Waals surface area (Å²) in [6, 6.07) is 17.9. The molecule has 1 aliphatic rings. The molecule has 2 heterocycles. The van der Waals surface area contributed by atoms with Gasteiger partial charge in [-0.25, -0.2) is 0 Å². The molecule has 1 fully saturated rings. The highest BCUT2D eigenvalue weighted by atomic mass is 79.9. The lowest BCUT2D eigenvalue weighted by molar-refractivity contribution is -0.122. The molecule has 1 aliphatic heterocycles. The van der Waals surface area contributed by atoms with Gasteiger partial charge in [0.2, 0.25) is 5.91 Å². The van der Waals surface area contributed by atoms with E-state index < -0.39 is 0 Å². The third-order valence-corrected chi connectivity index (χ3v) is 6.41. The summed E-state index contributed by atoms with van der Waals surface area (Å²) in [5.74, 6) is 0.0313. The van der Waals surface area contributed by atoms with Gasteiger partial charge in [0.15, 0.2) is 0 Å². The molecule has 1 N–H and O–H groups in total. The first-order valence-electron chi connectivity index (χ1n) is 10.1. The van der Waals surface area contributed by atoms with Crippen molar-refractivity contribution in [3.8, 4) is 0 Å². The van der Waals surface area contributed by atoms with E-state index in [0.29, 0.717) is 45.0 Å². The molecule has 0 aliphatic carbocycles. The number of benzene rings is 2. The summed E-state index contributed by atoms with van der Waals surface area (Å²) >= 11 is 3.62. The van der Waals surface area contributed by atoms with E-state index in [9.17, 15) is 9.59 Å². The molecule has 6 nitrogen and oxygen atoms in total. The Hall–Kier alpha value is -2.64. The topological polar surface area (TPSA) is 57.6 Å². The zero-order valence-corrected chi connectivity index (χ0v) is 18.6. The Labute approximate surface area is 184 Å². The number of nitrogens with one attached hydrogen (secondary N) is 1. The van der Waals surface area contributed by atoms with Crippen molar-refractivity contribution < 1.29 is 9.59 Å². The summed E-state index contributed by atoms with van der Waals surface area (Å²) < 4.78 is 2.79. The van der Waals surface area contributed by atoms with E-state index in [1.54, 1.807) is 0 Å². The number of aryl methyl sites for hydroxylation is 1. The first-order valence-corrected chi connectivity index (χ1v) is 10.9. The van der Waals surface area contributed by atoms with E-state index in [4.69, 9.17) is 0 Å². The lowest BCUT2D eigenvalue weighted by Gasteiger charge is -2.34. The van der Waals surface area contributed by atoms with Gasteiger partial charge in [0, 0.05) is 50.7 Å². The number of carbonyl (C=O) groups excluding carboxylic acids is 2. The number of para-hydroxylation sites is 1. The second-order valence-corrected chi connectivity index (χ2v) is 8.36. The first-order chi connectivity index (χ1) is 14.5. The predicted octanol–water partition coefficient (Wildman–Crippen LogP) is 3.02. The summed E-state index contributed by atoms with van der Waals surface area (Å²) in [4.78, 5) is 29.4. The number of hydrogen-bond donors (Lipinski definition) is 1. The number of hydrogen-bond acceptors (Lipinski definition) is 3. The number of aromatic nitrogens is 1. The third kappa shape index (κ3) is 4.27. The third-order valence-electron chi connectivity index (χ3n) is 5.61. The average Bonchev–Trinajstić information content (AvgIpc) is 3.03. The molecule has 0 bridgehead atoms. The highest BCUT2D eigenvalue weighted by molar-refractivity contribution is 9.10. The van der Waals surface area contributed by atoms with Crippen molar-refractivity contribution in [2.45, 2.75) is 6.54 Å². The lowest BCUT2D eigenvalue weighted by atomic mass is 10.2. The summed E-state index contributed by atoms with van der Waals surface area (Å²) in [6.07, 6.45) is 0. The number of fused-ring (bicyclic) bond motifs is 1. The number of amides is 2. The number of carbonyl (C=O) groups is 2. The van der Waals surface area contributed by atoms with Gasteiger partial charge in [-0.1, -0.05) is 48.5 Å². The van der Waals surface area contributed by atoms with E-state index in [0.717, 1.165) is 20.9 Å². The van der Waals surface area contributed by atoms with Crippen LogP contribution < -0.4 is 5.32 Å². The lowest BCUT2D eigenvalue weighted by Crippen LogP contribution is -2.51. The van der Waals surface area contributed by atoms with Gasteiger partial charge in [-0.15, -0.1) is 0 Å². The molecule has 3 aromatic rings. The maximum absolute atomic E-state index is 13.2. The van der Waals surface area contributed by atoms with E-state index in [-0.39, 0.29) is 11.8 Å². The van der Waals surface area contributed by atoms with Gasteiger partial charge in [0.25, 0.3) is 5.91 Å². The molecule has 0 atom stereocenters. The molecule has 4 rings (SSSR count). The van der Waals surface area contributed by atoms with Crippen molar-refractivity contribution in [3.63, 3.8) is 0 Å². The van der Waals surface area contributed by atoms with Crippen LogP contribution in [0.3, 0.4) is 0 Å². The molecule has 1 aromatic heterocycles. The Kier molecular flexibility index (Phi) is 6.20. The van der Waals surface area contributed by atoms with E-state index >= 15 is 0 Å². The SMILES string of the molecule is Cn1c(C(=O)N2CCN(CC(=O)NCc3ccccc3)CC2)c(Br)c2ccccc21. The summed E-state index contributed by atoms with van der Waals surface area (Å²) in [5.41, 5.74) is 2.79. The maximum Gasteiger partial charge on any atom is 0.271 e. The van der Waals surface area contributed by atoms with Crippen LogP contribution in [0.25, 0.3) is 10.9 Å². The molecular weight excluding hydrogens is 444 g/mol. The number of piperazine rings is 1. The Morgan fingerprint density at radius 3 is 2.33 bits per heavy atom. The van der Waals surface area contributed by atoms with Crippen LogP contribution in [0.4, 0.5) is 0 Å². The Balaban J connectivity index is 1.32. The number of halogens is 1. The van der Waals surface area contributed by atoms with Crippen LogP contribution in [0.1, 0.15) is 16.1 Å². The van der Waals surface area contributed by atoms with Crippen LogP contribution in [0.15, 0.2) is 59.1 Å². The Morgan fingerprint density at radius 2 is 1.63 bits per heavy atom. The Morgan fingerprint density at radius 1 is 0.967 bits per heavy atom. The fourth-order valence-electron chi connectivity index (χ4n) is 3.90. The van der Waals surface area contributed by atoms with Gasteiger partial charge in [-0.3, -0.25) is 14.5 Å². The molecule has 2 amide bonds. The molecule has 30 heavy (non-hydrogen) atoms. The van der Waals surface area contributed by atoms with Crippen molar-refractivity contribution in [1.82, 2.24) is 19.7 Å². The standard InChI is InChI=1S/C23H25BrN4O2/c1-26-19-10-6-5-9-18(19)21(24)22(26)23(30)28-13-11-27(12-14-28)16-20(29)25-15-17-7-3-2-4-8-17/h2-10H,11-16H2,1H3,(H,25,29). The summed E-state index contributed by atoms with van der Waals surface area (Å²) in [7, 11) is 1.92.